The Labute approximate surface area is 296 Å². The highest BCUT2D eigenvalue weighted by Gasteiger charge is 2.51. The van der Waals surface area contributed by atoms with Gasteiger partial charge in [-0.25, -0.2) is 4.85 Å². The Bertz CT molecular complexity index is 1780. The standard InChI is InChI=1S/C35H37ClN6O2Si.2H2S/c1-24(23-42-20-19-30(41-42)26-17-18-31(37-6)29(36)21-26)38-34(43)33-22-32(39-40-33)25(2)44-45(35(3,4)5,27-13-9-7-10-14-27)28-15-11-8-12-16-28;;/h7-22,24-25H,23H2,1-5H3,(H,38,43)(H,39,40);2*1H2/t24-,25-;;/m0../s1. The van der Waals surface area contributed by atoms with Gasteiger partial charge in [0.2, 0.25) is 5.69 Å². The van der Waals surface area contributed by atoms with Crippen molar-refractivity contribution in [1.82, 2.24) is 25.3 Å². The predicted octanol–water partition coefficient (Wildman–Crippen LogP) is 7.16. The molecule has 1 amide bonds. The molecule has 0 aliphatic heterocycles. The SMILES string of the molecule is S.S.[C-]#[N+]c1ccc(-c2ccn(C[C@H](C)NC(=O)c3cc([C@H](C)O[Si](c4ccccc4)(c4ccccc4)C(C)(C)C)[nH]n3)n2)cc1Cl. The summed E-state index contributed by atoms with van der Waals surface area (Å²) in [5.41, 5.74) is 2.99. The third-order valence-electron chi connectivity index (χ3n) is 7.88. The van der Waals surface area contributed by atoms with Gasteiger partial charge in [-0.3, -0.25) is 14.6 Å². The molecule has 3 aromatic carbocycles. The Balaban J connectivity index is 0.00000300. The molecular formula is C35H41ClN6O2S2Si. The van der Waals surface area contributed by atoms with Gasteiger partial charge in [0.25, 0.3) is 14.2 Å². The molecule has 8 nitrogen and oxygen atoms in total. The molecule has 0 saturated carbocycles. The van der Waals surface area contributed by atoms with Gasteiger partial charge in [0.05, 0.1) is 30.6 Å². The van der Waals surface area contributed by atoms with Crippen LogP contribution in [0.4, 0.5) is 5.69 Å². The van der Waals surface area contributed by atoms with Crippen LogP contribution in [0.5, 0.6) is 0 Å². The first kappa shape index (κ1) is 37.7. The number of nitrogens with zero attached hydrogens (tertiary/aromatic N) is 4. The Morgan fingerprint density at radius 2 is 1.62 bits per heavy atom. The summed E-state index contributed by atoms with van der Waals surface area (Å²) in [6, 6.07) is 29.6. The van der Waals surface area contributed by atoms with E-state index in [1.165, 1.54) is 10.4 Å². The Morgan fingerprint density at radius 3 is 2.17 bits per heavy atom. The molecule has 2 aromatic heterocycles. The second-order valence-electron chi connectivity index (χ2n) is 12.2. The molecule has 5 aromatic rings. The third kappa shape index (κ3) is 8.20. The minimum absolute atomic E-state index is 0. The summed E-state index contributed by atoms with van der Waals surface area (Å²) in [6.07, 6.45) is 1.51. The minimum Gasteiger partial charge on any atom is -0.399 e. The quantitative estimate of drug-likeness (QED) is 0.119. The number of aromatic nitrogens is 4. The van der Waals surface area contributed by atoms with Crippen molar-refractivity contribution in [3.8, 4) is 11.3 Å². The highest BCUT2D eigenvalue weighted by Crippen LogP contribution is 2.39. The Morgan fingerprint density at radius 1 is 1.00 bits per heavy atom. The number of hydrogen-bond acceptors (Lipinski definition) is 4. The molecule has 47 heavy (non-hydrogen) atoms. The molecule has 0 radical (unpaired) electrons. The molecule has 246 valence electrons. The lowest BCUT2D eigenvalue weighted by atomic mass is 10.1. The van der Waals surface area contributed by atoms with Gasteiger partial charge in [-0.05, 0) is 47.5 Å². The Kier molecular flexibility index (Phi) is 12.7. The van der Waals surface area contributed by atoms with E-state index < -0.39 is 8.32 Å². The molecular weight excluding hydrogens is 664 g/mol. The van der Waals surface area contributed by atoms with Crippen molar-refractivity contribution in [3.63, 3.8) is 0 Å². The summed E-state index contributed by atoms with van der Waals surface area (Å²) >= 11 is 6.20. The smallest absolute Gasteiger partial charge is 0.272 e. The normalized spacial score (nSPS) is 12.6. The van der Waals surface area contributed by atoms with E-state index in [0.717, 1.165) is 17.0 Å². The van der Waals surface area contributed by atoms with Gasteiger partial charge in [-0.2, -0.15) is 37.2 Å². The van der Waals surface area contributed by atoms with Gasteiger partial charge in [0, 0.05) is 22.8 Å². The van der Waals surface area contributed by atoms with E-state index in [2.05, 4.69) is 94.8 Å². The molecule has 2 heterocycles. The van der Waals surface area contributed by atoms with E-state index in [1.54, 1.807) is 22.9 Å². The number of benzene rings is 3. The number of H-pyrrole nitrogens is 1. The molecule has 0 bridgehead atoms. The number of rotatable bonds is 10. The number of amides is 1. The number of carbonyl (C=O) groups is 1. The predicted molar refractivity (Wildman–Crippen MR) is 202 cm³/mol. The Hall–Kier alpha value is -3.79. The molecule has 0 saturated heterocycles. The average molecular weight is 705 g/mol. The lowest BCUT2D eigenvalue weighted by molar-refractivity contribution is 0.0931. The van der Waals surface area contributed by atoms with Crippen molar-refractivity contribution in [3.05, 3.63) is 125 Å². The molecule has 0 aliphatic rings. The first-order valence-corrected chi connectivity index (χ1v) is 17.2. The van der Waals surface area contributed by atoms with E-state index >= 15 is 0 Å². The van der Waals surface area contributed by atoms with Crippen LogP contribution in [0.2, 0.25) is 10.1 Å². The zero-order valence-electron chi connectivity index (χ0n) is 27.1. The van der Waals surface area contributed by atoms with Gasteiger partial charge < -0.3 is 9.74 Å². The molecule has 5 rings (SSSR count). The fraction of sp³-hybridized carbons (Fsp3) is 0.257. The van der Waals surface area contributed by atoms with Crippen LogP contribution in [0.1, 0.15) is 56.9 Å². The lowest BCUT2D eigenvalue weighted by Crippen LogP contribution is -2.66. The maximum atomic E-state index is 13.2. The fourth-order valence-electron chi connectivity index (χ4n) is 5.68. The van der Waals surface area contributed by atoms with E-state index in [9.17, 15) is 4.79 Å². The number of hydrogen-bond donors (Lipinski definition) is 2. The highest BCUT2D eigenvalue weighted by molar-refractivity contribution is 7.59. The molecule has 0 aliphatic carbocycles. The van der Waals surface area contributed by atoms with Crippen molar-refractivity contribution >= 4 is 68.9 Å². The van der Waals surface area contributed by atoms with Crippen LogP contribution in [-0.2, 0) is 11.0 Å². The van der Waals surface area contributed by atoms with Crippen LogP contribution < -0.4 is 15.7 Å². The summed E-state index contributed by atoms with van der Waals surface area (Å²) < 4.78 is 8.95. The van der Waals surface area contributed by atoms with E-state index in [-0.39, 0.29) is 50.1 Å². The zero-order valence-corrected chi connectivity index (χ0v) is 30.8. The molecule has 2 N–H and O–H groups in total. The monoisotopic (exact) mass is 704 g/mol. The summed E-state index contributed by atoms with van der Waals surface area (Å²) in [5.74, 6) is -0.281. The average Bonchev–Trinajstić information content (AvgIpc) is 3.71. The molecule has 0 fully saturated rings. The van der Waals surface area contributed by atoms with Crippen LogP contribution in [0, 0.1) is 6.57 Å². The van der Waals surface area contributed by atoms with Crippen molar-refractivity contribution < 1.29 is 9.22 Å². The summed E-state index contributed by atoms with van der Waals surface area (Å²) in [7, 11) is -2.79. The van der Waals surface area contributed by atoms with Crippen LogP contribution in [0.25, 0.3) is 16.1 Å². The van der Waals surface area contributed by atoms with Crippen LogP contribution >= 0.6 is 38.6 Å². The largest absolute Gasteiger partial charge is 0.399 e. The first-order valence-electron chi connectivity index (χ1n) is 14.9. The molecule has 12 heteroatoms. The van der Waals surface area contributed by atoms with E-state index in [4.69, 9.17) is 22.6 Å². The highest BCUT2D eigenvalue weighted by atomic mass is 35.5. The second-order valence-corrected chi connectivity index (χ2v) is 16.9. The zero-order chi connectivity index (χ0) is 32.2. The van der Waals surface area contributed by atoms with Gasteiger partial charge in [0.1, 0.15) is 5.69 Å². The van der Waals surface area contributed by atoms with Crippen LogP contribution in [-0.4, -0.2) is 40.2 Å². The third-order valence-corrected chi connectivity index (χ3v) is 13.3. The van der Waals surface area contributed by atoms with Gasteiger partial charge in [0.15, 0.2) is 0 Å². The maximum Gasteiger partial charge on any atom is 0.272 e. The summed E-state index contributed by atoms with van der Waals surface area (Å²) in [6.45, 7) is 18.3. The van der Waals surface area contributed by atoms with E-state index in [0.29, 0.717) is 22.9 Å². The first-order chi connectivity index (χ1) is 21.5. The van der Waals surface area contributed by atoms with Gasteiger partial charge in [-0.15, -0.1) is 0 Å². The summed E-state index contributed by atoms with van der Waals surface area (Å²) in [4.78, 5) is 16.6. The van der Waals surface area contributed by atoms with Crippen LogP contribution in [0.3, 0.4) is 0 Å². The maximum absolute atomic E-state index is 13.2. The number of nitrogens with one attached hydrogen (secondary N) is 2. The molecule has 0 unspecified atom stereocenters. The molecule has 0 spiro atoms. The van der Waals surface area contributed by atoms with Crippen molar-refractivity contribution in [2.24, 2.45) is 0 Å². The topological polar surface area (TPSA) is 89.2 Å². The number of halogens is 1. The summed E-state index contributed by atoms with van der Waals surface area (Å²) in [5, 5.41) is 17.6. The fourth-order valence-corrected chi connectivity index (χ4v) is 10.6. The molecule has 2 atom stereocenters. The van der Waals surface area contributed by atoms with Crippen molar-refractivity contribution in [1.29, 1.82) is 0 Å². The minimum atomic E-state index is -2.79. The van der Waals surface area contributed by atoms with Gasteiger partial charge in [-0.1, -0.05) is 105 Å². The van der Waals surface area contributed by atoms with Gasteiger partial charge >= 0.3 is 0 Å². The van der Waals surface area contributed by atoms with Crippen molar-refractivity contribution in [2.45, 2.75) is 58.3 Å². The lowest BCUT2D eigenvalue weighted by Gasteiger charge is -2.44. The van der Waals surface area contributed by atoms with Crippen LogP contribution in [0.15, 0.2) is 97.2 Å². The van der Waals surface area contributed by atoms with Crippen molar-refractivity contribution in [2.75, 3.05) is 0 Å². The number of aromatic amines is 1. The number of carbonyl (C=O) groups excluding carboxylic acids is 1. The second kappa shape index (κ2) is 15.9. The van der Waals surface area contributed by atoms with E-state index in [1.807, 2.05) is 44.3 Å².